The Morgan fingerprint density at radius 3 is 2.55 bits per heavy atom. The highest BCUT2D eigenvalue weighted by Crippen LogP contribution is 2.31. The first-order valence-corrected chi connectivity index (χ1v) is 8.78. The summed E-state index contributed by atoms with van der Waals surface area (Å²) in [6.45, 7) is 0.488. The van der Waals surface area contributed by atoms with Crippen LogP contribution in [0.1, 0.15) is 27.9 Å². The largest absolute Gasteiger partial charge is 0.490 e. The topological polar surface area (TPSA) is 61.8 Å². The van der Waals surface area contributed by atoms with Crippen LogP contribution in [-0.4, -0.2) is 31.6 Å². The lowest BCUT2D eigenvalue weighted by molar-refractivity contribution is -0.138. The van der Waals surface area contributed by atoms with Crippen LogP contribution < -0.4 is 9.47 Å². The van der Waals surface area contributed by atoms with Crippen LogP contribution in [0.4, 0.5) is 13.2 Å². The maximum Gasteiger partial charge on any atom is 0.416 e. The number of halogens is 3. The fourth-order valence-electron chi connectivity index (χ4n) is 2.59. The van der Waals surface area contributed by atoms with Crippen LogP contribution in [0, 0.1) is 0 Å². The molecule has 0 amide bonds. The molecular weight excluding hydrogens is 389 g/mol. The van der Waals surface area contributed by atoms with Crippen LogP contribution in [0.3, 0.4) is 0 Å². The second kappa shape index (κ2) is 8.81. The van der Waals surface area contributed by atoms with Crippen molar-refractivity contribution in [2.75, 3.05) is 19.8 Å². The molecule has 0 aromatic heterocycles. The number of Topliss-reactive ketones (excluding diaryl/α,β-unsaturated/α-hetero) is 1. The Morgan fingerprint density at radius 2 is 1.79 bits per heavy atom. The summed E-state index contributed by atoms with van der Waals surface area (Å²) < 4.78 is 54.0. The lowest BCUT2D eigenvalue weighted by atomic mass is 10.1. The third kappa shape index (κ3) is 5.60. The van der Waals surface area contributed by atoms with E-state index in [1.54, 1.807) is 12.1 Å². The molecule has 0 spiro atoms. The van der Waals surface area contributed by atoms with Crippen molar-refractivity contribution in [3.63, 3.8) is 0 Å². The van der Waals surface area contributed by atoms with Crippen LogP contribution in [0.25, 0.3) is 6.08 Å². The van der Waals surface area contributed by atoms with Crippen molar-refractivity contribution in [3.8, 4) is 11.5 Å². The number of hydrogen-bond acceptors (Lipinski definition) is 5. The molecule has 1 heterocycles. The molecule has 0 N–H and O–H groups in total. The molecule has 1 aliphatic heterocycles. The van der Waals surface area contributed by atoms with Gasteiger partial charge in [0.15, 0.2) is 23.9 Å². The molecule has 5 nitrogen and oxygen atoms in total. The third-order valence-electron chi connectivity index (χ3n) is 4.04. The summed E-state index contributed by atoms with van der Waals surface area (Å²) in [6, 6.07) is 9.18. The van der Waals surface area contributed by atoms with E-state index in [0.717, 1.165) is 24.6 Å². The Labute approximate surface area is 164 Å². The van der Waals surface area contributed by atoms with Crippen molar-refractivity contribution >= 4 is 17.8 Å². The molecule has 0 bridgehead atoms. The van der Waals surface area contributed by atoms with E-state index in [4.69, 9.17) is 14.2 Å². The van der Waals surface area contributed by atoms with Gasteiger partial charge >= 0.3 is 12.1 Å². The summed E-state index contributed by atoms with van der Waals surface area (Å²) in [5.41, 5.74) is -0.340. The summed E-state index contributed by atoms with van der Waals surface area (Å²) in [5, 5.41) is 0. The molecule has 0 radical (unpaired) electrons. The maximum atomic E-state index is 12.7. The number of carbonyl (C=O) groups is 2. The first kappa shape index (κ1) is 20.4. The predicted octanol–water partition coefficient (Wildman–Crippen LogP) is 4.31. The molecule has 29 heavy (non-hydrogen) atoms. The Morgan fingerprint density at radius 1 is 1.03 bits per heavy atom. The minimum Gasteiger partial charge on any atom is -0.490 e. The Kier molecular flexibility index (Phi) is 6.21. The SMILES string of the molecule is O=C(/C=C/c1cccc(C(F)(F)F)c1)OCC(=O)c1ccc2c(c1)OCCCO2. The number of fused-ring (bicyclic) bond motifs is 1. The van der Waals surface area contributed by atoms with Crippen molar-refractivity contribution in [2.45, 2.75) is 12.6 Å². The van der Waals surface area contributed by atoms with Crippen LogP contribution in [-0.2, 0) is 15.7 Å². The van der Waals surface area contributed by atoms with E-state index in [1.807, 2.05) is 0 Å². The fraction of sp³-hybridized carbons (Fsp3) is 0.238. The average Bonchev–Trinajstić information content (AvgIpc) is 2.95. The first-order chi connectivity index (χ1) is 13.8. The van der Waals surface area contributed by atoms with Crippen LogP contribution in [0.15, 0.2) is 48.5 Å². The van der Waals surface area contributed by atoms with E-state index in [-0.39, 0.29) is 5.56 Å². The van der Waals surface area contributed by atoms with Gasteiger partial charge in [0, 0.05) is 18.1 Å². The molecule has 0 aliphatic carbocycles. The summed E-state index contributed by atoms with van der Waals surface area (Å²) in [7, 11) is 0. The van der Waals surface area contributed by atoms with Gasteiger partial charge in [-0.25, -0.2) is 4.79 Å². The number of rotatable bonds is 5. The van der Waals surface area contributed by atoms with Crippen molar-refractivity contribution in [1.82, 2.24) is 0 Å². The molecule has 2 aromatic rings. The Bertz CT molecular complexity index is 934. The highest BCUT2D eigenvalue weighted by Gasteiger charge is 2.30. The van der Waals surface area contributed by atoms with Gasteiger partial charge in [-0.1, -0.05) is 12.1 Å². The summed E-state index contributed by atoms with van der Waals surface area (Å²) >= 11 is 0. The maximum absolute atomic E-state index is 12.7. The zero-order valence-corrected chi connectivity index (χ0v) is 15.2. The van der Waals surface area contributed by atoms with Crippen LogP contribution >= 0.6 is 0 Å². The molecule has 1 aliphatic rings. The number of esters is 1. The molecule has 0 saturated carbocycles. The van der Waals surface area contributed by atoms with Crippen molar-refractivity contribution in [1.29, 1.82) is 0 Å². The van der Waals surface area contributed by atoms with Gasteiger partial charge < -0.3 is 14.2 Å². The summed E-state index contributed by atoms with van der Waals surface area (Å²) in [4.78, 5) is 24.0. The molecule has 3 rings (SSSR count). The summed E-state index contributed by atoms with van der Waals surface area (Å²) in [6.07, 6.45) is -1.58. The molecule has 0 fully saturated rings. The molecule has 0 saturated heterocycles. The molecular formula is C21H17F3O5. The van der Waals surface area contributed by atoms with E-state index in [1.165, 1.54) is 24.3 Å². The second-order valence-corrected chi connectivity index (χ2v) is 6.20. The minimum absolute atomic E-state index is 0.186. The number of alkyl halides is 3. The lowest BCUT2D eigenvalue weighted by Crippen LogP contribution is -2.12. The first-order valence-electron chi connectivity index (χ1n) is 8.78. The normalized spacial score (nSPS) is 13.8. The number of ether oxygens (including phenoxy) is 3. The van der Waals surface area contributed by atoms with Gasteiger partial charge in [0.2, 0.25) is 0 Å². The van der Waals surface area contributed by atoms with E-state index in [0.29, 0.717) is 30.3 Å². The van der Waals surface area contributed by atoms with Gasteiger partial charge in [0.05, 0.1) is 18.8 Å². The van der Waals surface area contributed by atoms with Crippen molar-refractivity contribution < 1.29 is 37.0 Å². The van der Waals surface area contributed by atoms with E-state index in [2.05, 4.69) is 0 Å². The minimum atomic E-state index is -4.47. The third-order valence-corrected chi connectivity index (χ3v) is 4.04. The van der Waals surface area contributed by atoms with E-state index < -0.39 is 30.1 Å². The van der Waals surface area contributed by atoms with Gasteiger partial charge in [0.25, 0.3) is 0 Å². The Balaban J connectivity index is 1.57. The van der Waals surface area contributed by atoms with Crippen molar-refractivity contribution in [2.24, 2.45) is 0 Å². The van der Waals surface area contributed by atoms with Gasteiger partial charge in [-0.2, -0.15) is 13.2 Å². The average molecular weight is 406 g/mol. The number of hydrogen-bond donors (Lipinski definition) is 0. The highest BCUT2D eigenvalue weighted by atomic mass is 19.4. The number of benzene rings is 2. The Hall–Kier alpha value is -3.29. The van der Waals surface area contributed by atoms with Gasteiger partial charge in [-0.15, -0.1) is 0 Å². The highest BCUT2D eigenvalue weighted by molar-refractivity contribution is 5.99. The molecule has 0 atom stereocenters. The zero-order chi connectivity index (χ0) is 20.9. The predicted molar refractivity (Wildman–Crippen MR) is 97.8 cm³/mol. The monoisotopic (exact) mass is 406 g/mol. The second-order valence-electron chi connectivity index (χ2n) is 6.20. The lowest BCUT2D eigenvalue weighted by Gasteiger charge is -2.09. The number of carbonyl (C=O) groups excluding carboxylic acids is 2. The molecule has 152 valence electrons. The zero-order valence-electron chi connectivity index (χ0n) is 15.2. The van der Waals surface area contributed by atoms with Gasteiger partial charge in [0.1, 0.15) is 0 Å². The molecule has 0 unspecified atom stereocenters. The summed E-state index contributed by atoms with van der Waals surface area (Å²) in [5.74, 6) is -0.296. The van der Waals surface area contributed by atoms with E-state index in [9.17, 15) is 22.8 Å². The van der Waals surface area contributed by atoms with Crippen molar-refractivity contribution in [3.05, 3.63) is 65.2 Å². The van der Waals surface area contributed by atoms with Gasteiger partial charge in [-0.3, -0.25) is 4.79 Å². The van der Waals surface area contributed by atoms with Gasteiger partial charge in [-0.05, 0) is 42.0 Å². The smallest absolute Gasteiger partial charge is 0.416 e. The van der Waals surface area contributed by atoms with E-state index >= 15 is 0 Å². The molecule has 8 heteroatoms. The fourth-order valence-corrected chi connectivity index (χ4v) is 2.59. The number of ketones is 1. The quantitative estimate of drug-likeness (QED) is 0.421. The van der Waals surface area contributed by atoms with Crippen LogP contribution in [0.2, 0.25) is 0 Å². The standard InChI is InChI=1S/C21H17F3O5/c22-21(23,24)16-4-1-3-14(11-16)5-8-20(26)29-13-17(25)15-6-7-18-19(12-15)28-10-2-9-27-18/h1,3-8,11-12H,2,9-10,13H2/b8-5+. The molecule has 2 aromatic carbocycles. The van der Waals surface area contributed by atoms with Crippen LogP contribution in [0.5, 0.6) is 11.5 Å².